The van der Waals surface area contributed by atoms with Gasteiger partial charge in [-0.2, -0.15) is 0 Å². The number of aromatic amines is 1. The minimum absolute atomic E-state index is 0.717. The summed E-state index contributed by atoms with van der Waals surface area (Å²) in [5, 5.41) is 3.16. The van der Waals surface area contributed by atoms with Crippen LogP contribution in [0.4, 0.5) is 0 Å². The number of imidazole rings is 1. The molecular weight excluding hydrogens is 162 g/mol. The Labute approximate surface area is 79.0 Å². The van der Waals surface area contributed by atoms with Crippen molar-refractivity contribution in [3.8, 4) is 0 Å². The third-order valence-corrected chi connectivity index (χ3v) is 2.85. The van der Waals surface area contributed by atoms with Crippen molar-refractivity contribution in [2.45, 2.75) is 38.1 Å². The van der Waals surface area contributed by atoms with Gasteiger partial charge in [-0.1, -0.05) is 12.8 Å². The Morgan fingerprint density at radius 2 is 2.31 bits per heavy atom. The maximum Gasteiger partial charge on any atom is 0.0925 e. The van der Waals surface area contributed by atoms with Crippen LogP contribution in [0.5, 0.6) is 0 Å². The van der Waals surface area contributed by atoms with Crippen molar-refractivity contribution in [2.75, 3.05) is 7.05 Å². The Balaban J connectivity index is 2.13. The fraction of sp³-hybridized carbons (Fsp3) is 0.700. The number of nitrogens with zero attached hydrogens (tertiary/aromatic N) is 1. The summed E-state index contributed by atoms with van der Waals surface area (Å²) in [6.07, 6.45) is 7.20. The van der Waals surface area contributed by atoms with Gasteiger partial charge in [0.25, 0.3) is 0 Å². The zero-order chi connectivity index (χ0) is 9.10. The van der Waals surface area contributed by atoms with E-state index in [1.54, 1.807) is 0 Å². The summed E-state index contributed by atoms with van der Waals surface area (Å²) < 4.78 is 0. The third-order valence-electron chi connectivity index (χ3n) is 2.85. The van der Waals surface area contributed by atoms with Crippen LogP contribution >= 0.6 is 0 Å². The quantitative estimate of drug-likeness (QED) is 0.742. The van der Waals surface area contributed by atoms with Crippen LogP contribution in [-0.2, 0) is 6.54 Å². The van der Waals surface area contributed by atoms with Gasteiger partial charge < -0.3 is 10.3 Å². The van der Waals surface area contributed by atoms with Gasteiger partial charge in [0.15, 0.2) is 0 Å². The molecule has 0 spiro atoms. The SMILES string of the molecule is CNCc1[nH]cnc1C1CCCC1. The van der Waals surface area contributed by atoms with E-state index in [-0.39, 0.29) is 0 Å². The second-order valence-electron chi connectivity index (χ2n) is 3.78. The maximum absolute atomic E-state index is 4.42. The van der Waals surface area contributed by atoms with E-state index in [9.17, 15) is 0 Å². The molecule has 0 saturated heterocycles. The molecule has 1 aromatic heterocycles. The summed E-state index contributed by atoms with van der Waals surface area (Å²) in [6.45, 7) is 0.909. The highest BCUT2D eigenvalue weighted by atomic mass is 14.9. The van der Waals surface area contributed by atoms with Crippen molar-refractivity contribution < 1.29 is 0 Å². The van der Waals surface area contributed by atoms with Crippen LogP contribution in [0.25, 0.3) is 0 Å². The summed E-state index contributed by atoms with van der Waals surface area (Å²) in [4.78, 5) is 7.63. The molecule has 1 heterocycles. The molecule has 0 bridgehead atoms. The smallest absolute Gasteiger partial charge is 0.0925 e. The average molecular weight is 179 g/mol. The summed E-state index contributed by atoms with van der Waals surface area (Å²) in [5.41, 5.74) is 2.57. The first-order valence-corrected chi connectivity index (χ1v) is 5.08. The molecule has 1 aliphatic carbocycles. The van der Waals surface area contributed by atoms with E-state index < -0.39 is 0 Å². The minimum atomic E-state index is 0.717. The molecule has 0 radical (unpaired) electrons. The summed E-state index contributed by atoms with van der Waals surface area (Å²) >= 11 is 0. The Morgan fingerprint density at radius 1 is 1.54 bits per heavy atom. The van der Waals surface area contributed by atoms with Gasteiger partial charge in [-0.05, 0) is 19.9 Å². The van der Waals surface area contributed by atoms with Gasteiger partial charge in [0.1, 0.15) is 0 Å². The summed E-state index contributed by atoms with van der Waals surface area (Å²) in [5.74, 6) is 0.717. The van der Waals surface area contributed by atoms with Crippen molar-refractivity contribution in [1.82, 2.24) is 15.3 Å². The predicted octanol–water partition coefficient (Wildman–Crippen LogP) is 1.79. The van der Waals surface area contributed by atoms with Crippen molar-refractivity contribution in [3.05, 3.63) is 17.7 Å². The summed E-state index contributed by atoms with van der Waals surface area (Å²) in [7, 11) is 1.97. The molecule has 2 N–H and O–H groups in total. The zero-order valence-electron chi connectivity index (χ0n) is 8.14. The second-order valence-corrected chi connectivity index (χ2v) is 3.78. The number of hydrogen-bond donors (Lipinski definition) is 2. The second kappa shape index (κ2) is 3.92. The van der Waals surface area contributed by atoms with Crippen molar-refractivity contribution in [2.24, 2.45) is 0 Å². The van der Waals surface area contributed by atoms with Crippen molar-refractivity contribution >= 4 is 0 Å². The molecule has 1 aliphatic rings. The highest BCUT2D eigenvalue weighted by molar-refractivity contribution is 5.17. The van der Waals surface area contributed by atoms with Gasteiger partial charge in [0.2, 0.25) is 0 Å². The highest BCUT2D eigenvalue weighted by Gasteiger charge is 2.21. The summed E-state index contributed by atoms with van der Waals surface area (Å²) in [6, 6.07) is 0. The standard InChI is InChI=1S/C10H17N3/c1-11-6-9-10(13-7-12-9)8-4-2-3-5-8/h7-8,11H,2-6H2,1H3,(H,12,13). The molecule has 72 valence electrons. The van der Waals surface area contributed by atoms with Gasteiger partial charge >= 0.3 is 0 Å². The van der Waals surface area contributed by atoms with E-state index in [1.807, 2.05) is 13.4 Å². The largest absolute Gasteiger partial charge is 0.347 e. The zero-order valence-corrected chi connectivity index (χ0v) is 8.14. The van der Waals surface area contributed by atoms with Gasteiger partial charge in [-0.15, -0.1) is 0 Å². The molecule has 1 saturated carbocycles. The minimum Gasteiger partial charge on any atom is -0.347 e. The lowest BCUT2D eigenvalue weighted by atomic mass is 10.0. The van der Waals surface area contributed by atoms with Crippen LogP contribution in [-0.4, -0.2) is 17.0 Å². The molecule has 1 aromatic rings. The highest BCUT2D eigenvalue weighted by Crippen LogP contribution is 2.34. The maximum atomic E-state index is 4.42. The van der Waals surface area contributed by atoms with E-state index >= 15 is 0 Å². The number of nitrogens with one attached hydrogen (secondary N) is 2. The van der Waals surface area contributed by atoms with E-state index in [4.69, 9.17) is 0 Å². The van der Waals surface area contributed by atoms with E-state index in [0.717, 1.165) is 12.5 Å². The van der Waals surface area contributed by atoms with Crippen LogP contribution in [0.2, 0.25) is 0 Å². The fourth-order valence-corrected chi connectivity index (χ4v) is 2.20. The molecule has 3 nitrogen and oxygen atoms in total. The first-order valence-electron chi connectivity index (χ1n) is 5.08. The molecule has 13 heavy (non-hydrogen) atoms. The Morgan fingerprint density at radius 3 is 3.00 bits per heavy atom. The molecule has 0 amide bonds. The van der Waals surface area contributed by atoms with Gasteiger partial charge in [-0.3, -0.25) is 0 Å². The van der Waals surface area contributed by atoms with Gasteiger partial charge in [0.05, 0.1) is 17.7 Å². The van der Waals surface area contributed by atoms with E-state index in [0.29, 0.717) is 0 Å². The molecule has 0 aliphatic heterocycles. The van der Waals surface area contributed by atoms with Crippen molar-refractivity contribution in [1.29, 1.82) is 0 Å². The number of hydrogen-bond acceptors (Lipinski definition) is 2. The van der Waals surface area contributed by atoms with Gasteiger partial charge in [-0.25, -0.2) is 4.98 Å². The lowest BCUT2D eigenvalue weighted by Crippen LogP contribution is -2.09. The fourth-order valence-electron chi connectivity index (χ4n) is 2.20. The number of rotatable bonds is 3. The Bertz CT molecular complexity index is 261. The topological polar surface area (TPSA) is 40.7 Å². The first-order chi connectivity index (χ1) is 6.42. The number of aromatic nitrogens is 2. The van der Waals surface area contributed by atoms with Crippen molar-refractivity contribution in [3.63, 3.8) is 0 Å². The van der Waals surface area contributed by atoms with Crippen LogP contribution in [0, 0.1) is 0 Å². The monoisotopic (exact) mass is 179 g/mol. The van der Waals surface area contributed by atoms with Crippen LogP contribution in [0.3, 0.4) is 0 Å². The Hall–Kier alpha value is -0.830. The van der Waals surface area contributed by atoms with Crippen LogP contribution < -0.4 is 5.32 Å². The molecule has 0 atom stereocenters. The molecule has 1 fully saturated rings. The average Bonchev–Trinajstić information content (AvgIpc) is 2.71. The molecule has 0 unspecified atom stereocenters. The lowest BCUT2D eigenvalue weighted by Gasteiger charge is -2.08. The predicted molar refractivity (Wildman–Crippen MR) is 52.6 cm³/mol. The molecular formula is C10H17N3. The van der Waals surface area contributed by atoms with Crippen LogP contribution in [0.1, 0.15) is 43.0 Å². The Kier molecular flexibility index (Phi) is 2.64. The number of H-pyrrole nitrogens is 1. The molecule has 0 aromatic carbocycles. The van der Waals surface area contributed by atoms with Crippen LogP contribution in [0.15, 0.2) is 6.33 Å². The normalized spacial score (nSPS) is 18.2. The molecule has 3 heteroatoms. The third kappa shape index (κ3) is 1.75. The van der Waals surface area contributed by atoms with Gasteiger partial charge in [0, 0.05) is 12.5 Å². The molecule has 2 rings (SSSR count). The van der Waals surface area contributed by atoms with E-state index in [1.165, 1.54) is 37.1 Å². The first kappa shape index (κ1) is 8.75. The van der Waals surface area contributed by atoms with E-state index in [2.05, 4.69) is 15.3 Å². The lowest BCUT2D eigenvalue weighted by molar-refractivity contribution is 0.677.